The van der Waals surface area contributed by atoms with Crippen LogP contribution in [0.25, 0.3) is 10.9 Å². The lowest BCUT2D eigenvalue weighted by molar-refractivity contribution is -0.134. The summed E-state index contributed by atoms with van der Waals surface area (Å²) in [6.07, 6.45) is 6.72. The van der Waals surface area contributed by atoms with Crippen LogP contribution in [0, 0.1) is 5.41 Å². The van der Waals surface area contributed by atoms with Crippen molar-refractivity contribution in [2.24, 2.45) is 5.41 Å². The average molecular weight is 351 g/mol. The Morgan fingerprint density at radius 2 is 2.08 bits per heavy atom. The van der Waals surface area contributed by atoms with Gasteiger partial charge in [0.05, 0.1) is 5.52 Å². The van der Waals surface area contributed by atoms with Gasteiger partial charge in [-0.1, -0.05) is 25.5 Å². The highest BCUT2D eigenvalue weighted by Gasteiger charge is 2.40. The van der Waals surface area contributed by atoms with Crippen LogP contribution in [-0.2, 0) is 4.79 Å². The van der Waals surface area contributed by atoms with Gasteiger partial charge in [0, 0.05) is 41.7 Å². The van der Waals surface area contributed by atoms with E-state index in [1.807, 2.05) is 42.2 Å². The standard InChI is InChI=1S/C21H25N3O2/c1-21(10-5-11-21)20(26)23-14-15-6-4-13-24(15)19(25)17-7-2-9-18-16(17)8-3-12-22-18/h2-3,7-9,12,15H,4-6,10-11,13-14H2,1H3,(H,23,26)/t15-/m1/s1. The van der Waals surface area contributed by atoms with Crippen LogP contribution in [-0.4, -0.2) is 40.8 Å². The number of fused-ring (bicyclic) bond motifs is 1. The Balaban J connectivity index is 1.49. The first-order chi connectivity index (χ1) is 12.6. The molecule has 0 radical (unpaired) electrons. The van der Waals surface area contributed by atoms with Crippen LogP contribution in [0.3, 0.4) is 0 Å². The molecule has 5 heteroatoms. The summed E-state index contributed by atoms with van der Waals surface area (Å²) in [6, 6.07) is 9.55. The van der Waals surface area contributed by atoms with Crippen LogP contribution in [0.5, 0.6) is 0 Å². The summed E-state index contributed by atoms with van der Waals surface area (Å²) in [6.45, 7) is 3.32. The monoisotopic (exact) mass is 351 g/mol. The number of rotatable bonds is 4. The molecule has 136 valence electrons. The van der Waals surface area contributed by atoms with E-state index >= 15 is 0 Å². The SMILES string of the molecule is CC1(C(=O)NC[C@H]2CCCN2C(=O)c2cccc3ncccc23)CCC1. The van der Waals surface area contributed by atoms with E-state index in [0.717, 1.165) is 49.6 Å². The van der Waals surface area contributed by atoms with Crippen molar-refractivity contribution in [1.29, 1.82) is 0 Å². The molecule has 2 amide bonds. The van der Waals surface area contributed by atoms with Crippen LogP contribution in [0.4, 0.5) is 0 Å². The summed E-state index contributed by atoms with van der Waals surface area (Å²) < 4.78 is 0. The topological polar surface area (TPSA) is 62.3 Å². The van der Waals surface area contributed by atoms with Gasteiger partial charge in [0.15, 0.2) is 0 Å². The third-order valence-corrected chi connectivity index (χ3v) is 6.02. The van der Waals surface area contributed by atoms with Crippen molar-refractivity contribution in [3.8, 4) is 0 Å². The first-order valence-electron chi connectivity index (χ1n) is 9.51. The van der Waals surface area contributed by atoms with Crippen molar-refractivity contribution >= 4 is 22.7 Å². The third kappa shape index (κ3) is 2.96. The van der Waals surface area contributed by atoms with Gasteiger partial charge in [-0.05, 0) is 43.9 Å². The predicted molar refractivity (Wildman–Crippen MR) is 101 cm³/mol. The number of benzene rings is 1. The maximum atomic E-state index is 13.2. The number of nitrogens with one attached hydrogen (secondary N) is 1. The highest BCUT2D eigenvalue weighted by molar-refractivity contribution is 6.06. The number of carbonyl (C=O) groups is 2. The third-order valence-electron chi connectivity index (χ3n) is 6.02. The van der Waals surface area contributed by atoms with E-state index in [1.165, 1.54) is 0 Å². The number of likely N-dealkylation sites (tertiary alicyclic amines) is 1. The minimum Gasteiger partial charge on any atom is -0.354 e. The van der Waals surface area contributed by atoms with Gasteiger partial charge in [-0.15, -0.1) is 0 Å². The molecule has 4 rings (SSSR count). The second kappa shape index (κ2) is 6.71. The molecule has 1 saturated heterocycles. The molecule has 5 nitrogen and oxygen atoms in total. The van der Waals surface area contributed by atoms with Crippen molar-refractivity contribution in [2.75, 3.05) is 13.1 Å². The zero-order valence-electron chi connectivity index (χ0n) is 15.2. The van der Waals surface area contributed by atoms with Gasteiger partial charge in [-0.2, -0.15) is 0 Å². The summed E-state index contributed by atoms with van der Waals surface area (Å²) in [5.41, 5.74) is 1.33. The van der Waals surface area contributed by atoms with E-state index in [2.05, 4.69) is 10.3 Å². The molecule has 1 saturated carbocycles. The lowest BCUT2D eigenvalue weighted by Crippen LogP contribution is -2.48. The number of aromatic nitrogens is 1. The first-order valence-corrected chi connectivity index (χ1v) is 9.51. The molecule has 1 N–H and O–H groups in total. The molecule has 1 aliphatic carbocycles. The van der Waals surface area contributed by atoms with Gasteiger partial charge in [0.25, 0.3) is 5.91 Å². The molecule has 2 fully saturated rings. The van der Waals surface area contributed by atoms with Crippen molar-refractivity contribution in [3.63, 3.8) is 0 Å². The summed E-state index contributed by atoms with van der Waals surface area (Å²) >= 11 is 0. The molecule has 0 bridgehead atoms. The number of hydrogen-bond acceptors (Lipinski definition) is 3. The minimum atomic E-state index is -0.200. The largest absolute Gasteiger partial charge is 0.354 e. The maximum absolute atomic E-state index is 13.2. The molecular weight excluding hydrogens is 326 g/mol. The number of amides is 2. The van der Waals surface area contributed by atoms with Gasteiger partial charge < -0.3 is 10.2 Å². The second-order valence-electron chi connectivity index (χ2n) is 7.79. The molecule has 26 heavy (non-hydrogen) atoms. The average Bonchev–Trinajstić information content (AvgIpc) is 3.11. The normalized spacial score (nSPS) is 21.4. The fourth-order valence-electron chi connectivity index (χ4n) is 4.12. The minimum absolute atomic E-state index is 0.0372. The van der Waals surface area contributed by atoms with Gasteiger partial charge in [-0.3, -0.25) is 14.6 Å². The molecule has 2 aliphatic rings. The fourth-order valence-corrected chi connectivity index (χ4v) is 4.12. The lowest BCUT2D eigenvalue weighted by atomic mass is 9.70. The van der Waals surface area contributed by atoms with Gasteiger partial charge in [-0.25, -0.2) is 0 Å². The zero-order valence-corrected chi connectivity index (χ0v) is 15.2. The number of carbonyl (C=O) groups excluding carboxylic acids is 2. The van der Waals surface area contributed by atoms with Gasteiger partial charge >= 0.3 is 0 Å². The quantitative estimate of drug-likeness (QED) is 0.920. The Labute approximate surface area is 153 Å². The highest BCUT2D eigenvalue weighted by Crippen LogP contribution is 2.40. The molecule has 1 atom stereocenters. The van der Waals surface area contributed by atoms with Crippen LogP contribution in [0.1, 0.15) is 49.4 Å². The van der Waals surface area contributed by atoms with Gasteiger partial charge in [0.2, 0.25) is 5.91 Å². The molecule has 1 aromatic carbocycles. The van der Waals surface area contributed by atoms with Crippen molar-refractivity contribution in [1.82, 2.24) is 15.2 Å². The summed E-state index contributed by atoms with van der Waals surface area (Å²) in [5, 5.41) is 3.98. The maximum Gasteiger partial charge on any atom is 0.254 e. The number of nitrogens with zero attached hydrogens (tertiary/aromatic N) is 2. The summed E-state index contributed by atoms with van der Waals surface area (Å²) in [4.78, 5) is 31.8. The molecule has 1 aliphatic heterocycles. The Hall–Kier alpha value is -2.43. The Bertz CT molecular complexity index is 839. The highest BCUT2D eigenvalue weighted by atomic mass is 16.2. The van der Waals surface area contributed by atoms with Crippen molar-refractivity contribution < 1.29 is 9.59 Å². The van der Waals surface area contributed by atoms with Crippen molar-refractivity contribution in [3.05, 3.63) is 42.1 Å². The van der Waals surface area contributed by atoms with E-state index in [4.69, 9.17) is 0 Å². The fraction of sp³-hybridized carbons (Fsp3) is 0.476. The lowest BCUT2D eigenvalue weighted by Gasteiger charge is -2.37. The molecule has 2 aromatic rings. The molecule has 1 aromatic heterocycles. The van der Waals surface area contributed by atoms with E-state index in [9.17, 15) is 9.59 Å². The number of pyridine rings is 1. The van der Waals surface area contributed by atoms with Crippen LogP contribution in [0.2, 0.25) is 0 Å². The predicted octanol–water partition coefficient (Wildman–Crippen LogP) is 3.15. The zero-order chi connectivity index (χ0) is 18.1. The van der Waals surface area contributed by atoms with Crippen LogP contribution in [0.15, 0.2) is 36.5 Å². The van der Waals surface area contributed by atoms with Crippen LogP contribution < -0.4 is 5.32 Å². The van der Waals surface area contributed by atoms with Crippen molar-refractivity contribution in [2.45, 2.75) is 45.1 Å². The molecule has 0 unspecified atom stereocenters. The van der Waals surface area contributed by atoms with E-state index in [1.54, 1.807) is 6.20 Å². The molecule has 2 heterocycles. The van der Waals surface area contributed by atoms with Crippen LogP contribution >= 0.6 is 0 Å². The Kier molecular flexibility index (Phi) is 4.39. The first kappa shape index (κ1) is 17.0. The van der Waals surface area contributed by atoms with E-state index < -0.39 is 0 Å². The molecular formula is C21H25N3O2. The van der Waals surface area contributed by atoms with E-state index in [0.29, 0.717) is 12.1 Å². The van der Waals surface area contributed by atoms with E-state index in [-0.39, 0.29) is 23.3 Å². The Morgan fingerprint density at radius 3 is 2.85 bits per heavy atom. The smallest absolute Gasteiger partial charge is 0.254 e. The van der Waals surface area contributed by atoms with Gasteiger partial charge in [0.1, 0.15) is 0 Å². The summed E-state index contributed by atoms with van der Waals surface area (Å²) in [7, 11) is 0. The molecule has 0 spiro atoms. The Morgan fingerprint density at radius 1 is 1.23 bits per heavy atom. The second-order valence-corrected chi connectivity index (χ2v) is 7.79. The number of hydrogen-bond donors (Lipinski definition) is 1. The summed E-state index contributed by atoms with van der Waals surface area (Å²) in [5.74, 6) is 0.174.